The van der Waals surface area contributed by atoms with Crippen molar-refractivity contribution in [2.75, 3.05) is 38.8 Å². The summed E-state index contributed by atoms with van der Waals surface area (Å²) in [5.41, 5.74) is 1.07. The Balaban J connectivity index is 1.47. The second-order valence-corrected chi connectivity index (χ2v) is 13.8. The molecule has 6 atom stereocenters. The van der Waals surface area contributed by atoms with Gasteiger partial charge in [0.15, 0.2) is 5.60 Å². The first-order valence-electron chi connectivity index (χ1n) is 15.8. The molecule has 1 amide bonds. The van der Waals surface area contributed by atoms with Crippen molar-refractivity contribution in [1.82, 2.24) is 4.90 Å². The topological polar surface area (TPSA) is 99.5 Å². The Morgan fingerprint density at radius 3 is 2.75 bits per heavy atom. The predicted molar refractivity (Wildman–Crippen MR) is 169 cm³/mol. The molecule has 1 spiro atoms. The molecular weight excluding hydrogens is 580 g/mol. The van der Waals surface area contributed by atoms with E-state index in [0.717, 1.165) is 42.8 Å². The van der Waals surface area contributed by atoms with Gasteiger partial charge in [-0.15, -0.1) is 0 Å². The van der Waals surface area contributed by atoms with Crippen LogP contribution >= 0.6 is 11.6 Å². The van der Waals surface area contributed by atoms with Crippen LogP contribution in [0.15, 0.2) is 48.6 Å². The van der Waals surface area contributed by atoms with Gasteiger partial charge in [0.05, 0.1) is 31.9 Å². The van der Waals surface area contributed by atoms with Gasteiger partial charge in [-0.2, -0.15) is 0 Å². The zero-order chi connectivity index (χ0) is 31.2. The molecule has 0 aromatic heterocycles. The van der Waals surface area contributed by atoms with Crippen LogP contribution in [-0.4, -0.2) is 73.0 Å². The van der Waals surface area contributed by atoms with Gasteiger partial charge in [-0.05, 0) is 98.2 Å². The molecule has 2 N–H and O–H groups in total. The molecule has 2 aromatic rings. The first-order valence-corrected chi connectivity index (χ1v) is 16.1. The smallest absolute Gasteiger partial charge is 0.343 e. The molecule has 0 unspecified atom stereocenters. The third-order valence-corrected chi connectivity index (χ3v) is 10.9. The van der Waals surface area contributed by atoms with Crippen molar-refractivity contribution >= 4 is 29.2 Å². The van der Waals surface area contributed by atoms with Gasteiger partial charge in [0, 0.05) is 36.6 Å². The van der Waals surface area contributed by atoms with Gasteiger partial charge in [0.1, 0.15) is 5.75 Å². The van der Waals surface area contributed by atoms with E-state index >= 15 is 0 Å². The number of carbonyl (C=O) groups excluding carboxylic acids is 2. The molecule has 9 heteroatoms. The third-order valence-electron chi connectivity index (χ3n) is 10.7. The summed E-state index contributed by atoms with van der Waals surface area (Å²) in [5, 5.41) is 23.8. The molecular formula is C35H43ClN2O6. The number of anilines is 1. The van der Waals surface area contributed by atoms with Crippen LogP contribution in [0.25, 0.3) is 0 Å². The van der Waals surface area contributed by atoms with Crippen LogP contribution in [0.5, 0.6) is 5.75 Å². The highest BCUT2D eigenvalue weighted by molar-refractivity contribution is 6.30. The van der Waals surface area contributed by atoms with Gasteiger partial charge in [-0.25, -0.2) is 4.79 Å². The molecule has 236 valence electrons. The minimum absolute atomic E-state index is 0.116. The van der Waals surface area contributed by atoms with E-state index in [2.05, 4.69) is 17.0 Å². The van der Waals surface area contributed by atoms with Crippen molar-refractivity contribution in [2.45, 2.75) is 75.0 Å². The average Bonchev–Trinajstić information content (AvgIpc) is 3.14. The summed E-state index contributed by atoms with van der Waals surface area (Å²) in [6, 6.07) is 11.2. The molecule has 4 aliphatic rings. The minimum Gasteiger partial charge on any atom is -0.490 e. The Kier molecular flexibility index (Phi) is 8.46. The number of aliphatic hydroxyl groups is 2. The van der Waals surface area contributed by atoms with Crippen molar-refractivity contribution in [2.24, 2.45) is 11.8 Å². The van der Waals surface area contributed by atoms with Crippen LogP contribution in [0.4, 0.5) is 5.69 Å². The second-order valence-electron chi connectivity index (χ2n) is 13.3. The van der Waals surface area contributed by atoms with Crippen LogP contribution in [0, 0.1) is 11.8 Å². The van der Waals surface area contributed by atoms with Crippen LogP contribution in [-0.2, 0) is 31.8 Å². The number of fused-ring (bicyclic) bond motifs is 4. The van der Waals surface area contributed by atoms with Crippen molar-refractivity contribution in [3.05, 3.63) is 70.3 Å². The summed E-state index contributed by atoms with van der Waals surface area (Å²) in [6.07, 6.45) is 8.18. The van der Waals surface area contributed by atoms with E-state index in [-0.39, 0.29) is 34.8 Å². The molecule has 1 fully saturated rings. The first kappa shape index (κ1) is 30.9. The molecule has 0 saturated heterocycles. The number of ether oxygens (including phenoxy) is 2. The lowest BCUT2D eigenvalue weighted by molar-refractivity contribution is -0.168. The van der Waals surface area contributed by atoms with Crippen LogP contribution < -0.4 is 9.64 Å². The van der Waals surface area contributed by atoms with E-state index in [0.29, 0.717) is 31.9 Å². The summed E-state index contributed by atoms with van der Waals surface area (Å²) in [6.45, 7) is 3.75. The first-order chi connectivity index (χ1) is 21.0. The van der Waals surface area contributed by atoms with E-state index < -0.39 is 24.1 Å². The maximum Gasteiger partial charge on any atom is 0.343 e. The molecule has 2 aromatic carbocycles. The van der Waals surface area contributed by atoms with E-state index in [1.807, 2.05) is 25.1 Å². The second kappa shape index (κ2) is 12.0. The lowest BCUT2D eigenvalue weighted by Crippen LogP contribution is -2.49. The predicted octanol–water partition coefficient (Wildman–Crippen LogP) is 4.76. The molecule has 6 rings (SSSR count). The van der Waals surface area contributed by atoms with Gasteiger partial charge in [-0.3, -0.25) is 4.79 Å². The maximum atomic E-state index is 13.5. The molecule has 8 nitrogen and oxygen atoms in total. The summed E-state index contributed by atoms with van der Waals surface area (Å²) < 4.78 is 11.7. The number of hydrogen-bond acceptors (Lipinski definition) is 7. The van der Waals surface area contributed by atoms with Gasteiger partial charge < -0.3 is 29.5 Å². The maximum absolute atomic E-state index is 13.5. The number of benzene rings is 2. The van der Waals surface area contributed by atoms with Gasteiger partial charge in [-0.1, -0.05) is 35.9 Å². The van der Waals surface area contributed by atoms with Crippen molar-refractivity contribution in [3.8, 4) is 5.75 Å². The Bertz CT molecular complexity index is 1460. The Morgan fingerprint density at radius 1 is 1.18 bits per heavy atom. The Morgan fingerprint density at radius 2 is 2.00 bits per heavy atom. The molecule has 44 heavy (non-hydrogen) atoms. The fraction of sp³-hybridized carbons (Fsp3) is 0.543. The number of carbonyl (C=O) groups is 2. The van der Waals surface area contributed by atoms with E-state index in [1.54, 1.807) is 25.2 Å². The highest BCUT2D eigenvalue weighted by Crippen LogP contribution is 2.47. The number of methoxy groups -OCH3 is 1. The van der Waals surface area contributed by atoms with Crippen LogP contribution in [0.3, 0.4) is 0 Å². The lowest BCUT2D eigenvalue weighted by atomic mass is 9.68. The number of nitrogens with zero attached hydrogens (tertiary/aromatic N) is 2. The fourth-order valence-corrected chi connectivity index (χ4v) is 7.89. The van der Waals surface area contributed by atoms with Crippen molar-refractivity contribution < 1.29 is 29.3 Å². The average molecular weight is 623 g/mol. The number of esters is 1. The van der Waals surface area contributed by atoms with Gasteiger partial charge in [0.25, 0.3) is 0 Å². The number of halogens is 1. The van der Waals surface area contributed by atoms with Gasteiger partial charge >= 0.3 is 5.97 Å². The summed E-state index contributed by atoms with van der Waals surface area (Å²) in [5.74, 6) is -0.238. The summed E-state index contributed by atoms with van der Waals surface area (Å²) in [4.78, 5) is 30.5. The molecule has 2 aliphatic carbocycles. The standard InChI is InChI=1S/C35H43ClN2O6/c1-22-6-4-8-30(39)27-12-9-24(27)19-38-20-34(15-5-7-23-16-26(36)11-13-28(23)34)21-44-31-14-10-25(17-29(31)38)35(42,33(41)43-3)18-32(40)37(22)2/h4,8,10-11,13-14,16-17,22,24,27,30,39,42H,5-7,9,12,15,18-21H2,1-3H3/b8-4-/t22-,24-,27+,30-,34-,35+/m0/s1. The summed E-state index contributed by atoms with van der Waals surface area (Å²) in [7, 11) is 2.89. The Hall–Kier alpha value is -3.07. The largest absolute Gasteiger partial charge is 0.490 e. The molecule has 2 aliphatic heterocycles. The molecule has 1 saturated carbocycles. The monoisotopic (exact) mass is 622 g/mol. The quantitative estimate of drug-likeness (QED) is 0.350. The summed E-state index contributed by atoms with van der Waals surface area (Å²) >= 11 is 6.41. The number of aliphatic hydroxyl groups excluding tert-OH is 1. The third kappa shape index (κ3) is 5.50. The zero-order valence-electron chi connectivity index (χ0n) is 25.8. The Labute approximate surface area is 264 Å². The van der Waals surface area contributed by atoms with E-state index in [4.69, 9.17) is 21.1 Å². The number of aryl methyl sites for hydroxylation is 1. The van der Waals surface area contributed by atoms with Crippen LogP contribution in [0.1, 0.15) is 62.1 Å². The highest BCUT2D eigenvalue weighted by Gasteiger charge is 2.46. The minimum atomic E-state index is -2.18. The number of amides is 1. The van der Waals surface area contributed by atoms with E-state index in [1.165, 1.54) is 23.1 Å². The highest BCUT2D eigenvalue weighted by atomic mass is 35.5. The number of rotatable bonds is 1. The van der Waals surface area contributed by atoms with E-state index in [9.17, 15) is 19.8 Å². The van der Waals surface area contributed by atoms with Crippen LogP contribution in [0.2, 0.25) is 5.02 Å². The number of hydrogen-bond donors (Lipinski definition) is 2. The lowest BCUT2D eigenvalue weighted by Gasteiger charge is -2.45. The fourth-order valence-electron chi connectivity index (χ4n) is 7.69. The molecule has 0 radical (unpaired) electrons. The van der Waals surface area contributed by atoms with Crippen molar-refractivity contribution in [1.29, 1.82) is 0 Å². The van der Waals surface area contributed by atoms with Gasteiger partial charge in [0.2, 0.25) is 5.91 Å². The van der Waals surface area contributed by atoms with Crippen molar-refractivity contribution in [3.63, 3.8) is 0 Å². The zero-order valence-corrected chi connectivity index (χ0v) is 26.6. The molecule has 2 bridgehead atoms. The normalized spacial score (nSPS) is 32.9. The SMILES string of the molecule is COC(=O)[C@@]1(O)CC(=O)N(C)[C@@H](C)C/C=C\[C@H](O)[C@@H]2CC[C@H]2CN2C[C@@]3(CCCc4cc(Cl)ccc43)COc3ccc1cc32. The molecule has 2 heterocycles.